The molecule has 19 heavy (non-hydrogen) atoms. The summed E-state index contributed by atoms with van der Waals surface area (Å²) in [5, 5.41) is 14.5. The van der Waals surface area contributed by atoms with Crippen molar-refractivity contribution in [1.29, 1.82) is 0 Å². The molecule has 0 radical (unpaired) electrons. The molecule has 104 valence electrons. The molecule has 0 unspecified atom stereocenters. The molecule has 2 rings (SSSR count). The van der Waals surface area contributed by atoms with E-state index < -0.39 is 5.60 Å². The highest BCUT2D eigenvalue weighted by Gasteiger charge is 2.30. The maximum Gasteiger partial charge on any atom is 0.273 e. The van der Waals surface area contributed by atoms with E-state index in [1.165, 1.54) is 18.3 Å². The third-order valence-corrected chi connectivity index (χ3v) is 3.89. The number of likely N-dealkylation sites (tertiary alicyclic amines) is 1. The van der Waals surface area contributed by atoms with Crippen LogP contribution in [-0.2, 0) is 4.79 Å². The second-order valence-corrected chi connectivity index (χ2v) is 5.87. The minimum atomic E-state index is -0.680. The molecule has 0 bridgehead atoms. The normalized spacial score (nSPS) is 18.2. The fourth-order valence-electron chi connectivity index (χ4n) is 1.93. The van der Waals surface area contributed by atoms with Gasteiger partial charge in [0.25, 0.3) is 5.91 Å². The maximum absolute atomic E-state index is 12.2. The number of carbonyl (C=O) groups is 2. The predicted molar refractivity (Wildman–Crippen MR) is 72.2 cm³/mol. The van der Waals surface area contributed by atoms with Gasteiger partial charge in [-0.25, -0.2) is 4.98 Å². The van der Waals surface area contributed by atoms with Crippen LogP contribution >= 0.6 is 11.3 Å². The number of aliphatic hydroxyl groups is 1. The Morgan fingerprint density at radius 3 is 2.68 bits per heavy atom. The number of anilines is 1. The lowest BCUT2D eigenvalue weighted by atomic mass is 9.94. The van der Waals surface area contributed by atoms with Gasteiger partial charge in [-0.1, -0.05) is 0 Å². The van der Waals surface area contributed by atoms with Gasteiger partial charge < -0.3 is 15.3 Å². The molecule has 2 amide bonds. The summed E-state index contributed by atoms with van der Waals surface area (Å²) < 4.78 is 0. The SMILES string of the molecule is CC(=O)Nc1nc(C(=O)N2CCC(C)(O)CC2)cs1. The van der Waals surface area contributed by atoms with Crippen molar-refractivity contribution in [3.63, 3.8) is 0 Å². The summed E-state index contributed by atoms with van der Waals surface area (Å²) in [7, 11) is 0. The van der Waals surface area contributed by atoms with E-state index in [2.05, 4.69) is 10.3 Å². The first-order valence-electron chi connectivity index (χ1n) is 6.12. The first-order valence-corrected chi connectivity index (χ1v) is 7.00. The van der Waals surface area contributed by atoms with E-state index in [9.17, 15) is 14.7 Å². The molecule has 0 spiro atoms. The van der Waals surface area contributed by atoms with Gasteiger partial charge in [0.05, 0.1) is 5.60 Å². The van der Waals surface area contributed by atoms with Gasteiger partial charge in [0, 0.05) is 25.4 Å². The van der Waals surface area contributed by atoms with Crippen LogP contribution in [0.4, 0.5) is 5.13 Å². The summed E-state index contributed by atoms with van der Waals surface area (Å²) in [5.74, 6) is -0.356. The molecule has 1 aliphatic heterocycles. The van der Waals surface area contributed by atoms with Crippen molar-refractivity contribution in [1.82, 2.24) is 9.88 Å². The van der Waals surface area contributed by atoms with Crippen LogP contribution in [0.15, 0.2) is 5.38 Å². The molecular weight excluding hydrogens is 266 g/mol. The van der Waals surface area contributed by atoms with Crippen LogP contribution in [0.25, 0.3) is 0 Å². The Kier molecular flexibility index (Phi) is 3.86. The van der Waals surface area contributed by atoms with Crippen LogP contribution in [0.2, 0.25) is 0 Å². The molecule has 1 aliphatic rings. The van der Waals surface area contributed by atoms with E-state index in [0.717, 1.165) is 0 Å². The smallest absolute Gasteiger partial charge is 0.273 e. The van der Waals surface area contributed by atoms with Crippen LogP contribution in [-0.4, -0.2) is 45.5 Å². The van der Waals surface area contributed by atoms with E-state index >= 15 is 0 Å². The average molecular weight is 283 g/mol. The van der Waals surface area contributed by atoms with Gasteiger partial charge in [-0.05, 0) is 19.8 Å². The lowest BCUT2D eigenvalue weighted by molar-refractivity contribution is -0.114. The average Bonchev–Trinajstić information content (AvgIpc) is 2.75. The second-order valence-electron chi connectivity index (χ2n) is 5.01. The van der Waals surface area contributed by atoms with Gasteiger partial charge in [0.15, 0.2) is 5.13 Å². The van der Waals surface area contributed by atoms with E-state index in [4.69, 9.17) is 0 Å². The third-order valence-electron chi connectivity index (χ3n) is 3.13. The third kappa shape index (κ3) is 3.51. The van der Waals surface area contributed by atoms with E-state index in [-0.39, 0.29) is 11.8 Å². The Bertz CT molecular complexity index is 488. The van der Waals surface area contributed by atoms with Crippen LogP contribution in [0.1, 0.15) is 37.2 Å². The van der Waals surface area contributed by atoms with Crippen molar-refractivity contribution in [2.45, 2.75) is 32.3 Å². The van der Waals surface area contributed by atoms with Crippen molar-refractivity contribution in [3.05, 3.63) is 11.1 Å². The Hall–Kier alpha value is -1.47. The van der Waals surface area contributed by atoms with Gasteiger partial charge in [0.1, 0.15) is 5.69 Å². The zero-order valence-corrected chi connectivity index (χ0v) is 11.8. The highest BCUT2D eigenvalue weighted by atomic mass is 32.1. The molecule has 6 nitrogen and oxygen atoms in total. The van der Waals surface area contributed by atoms with Gasteiger partial charge >= 0.3 is 0 Å². The minimum Gasteiger partial charge on any atom is -0.390 e. The lowest BCUT2D eigenvalue weighted by Gasteiger charge is -2.35. The maximum atomic E-state index is 12.2. The number of hydrogen-bond donors (Lipinski definition) is 2. The molecule has 0 aliphatic carbocycles. The first kappa shape index (κ1) is 14.0. The Morgan fingerprint density at radius 2 is 2.11 bits per heavy atom. The quantitative estimate of drug-likeness (QED) is 0.851. The predicted octanol–water partition coefficient (Wildman–Crippen LogP) is 1.09. The zero-order valence-electron chi connectivity index (χ0n) is 11.0. The summed E-state index contributed by atoms with van der Waals surface area (Å²) >= 11 is 1.23. The zero-order chi connectivity index (χ0) is 14.0. The fraction of sp³-hybridized carbons (Fsp3) is 0.583. The van der Waals surface area contributed by atoms with Crippen LogP contribution in [0.5, 0.6) is 0 Å². The first-order chi connectivity index (χ1) is 8.87. The van der Waals surface area contributed by atoms with Crippen molar-refractivity contribution >= 4 is 28.3 Å². The molecule has 2 heterocycles. The molecule has 2 N–H and O–H groups in total. The molecule has 7 heteroatoms. The number of aromatic nitrogens is 1. The Labute approximate surface area is 115 Å². The second kappa shape index (κ2) is 5.26. The van der Waals surface area contributed by atoms with Crippen molar-refractivity contribution in [2.24, 2.45) is 0 Å². The number of piperidine rings is 1. The number of thiazole rings is 1. The van der Waals surface area contributed by atoms with Gasteiger partial charge in [-0.2, -0.15) is 0 Å². The van der Waals surface area contributed by atoms with Crippen molar-refractivity contribution in [3.8, 4) is 0 Å². The van der Waals surface area contributed by atoms with Crippen molar-refractivity contribution in [2.75, 3.05) is 18.4 Å². The van der Waals surface area contributed by atoms with E-state index in [1.54, 1.807) is 17.2 Å². The largest absolute Gasteiger partial charge is 0.390 e. The summed E-state index contributed by atoms with van der Waals surface area (Å²) in [6.45, 7) is 4.24. The number of hydrogen-bond acceptors (Lipinski definition) is 5. The summed E-state index contributed by atoms with van der Waals surface area (Å²) in [6.07, 6.45) is 1.14. The lowest BCUT2D eigenvalue weighted by Crippen LogP contribution is -2.45. The molecule has 0 aromatic carbocycles. The highest BCUT2D eigenvalue weighted by molar-refractivity contribution is 7.14. The summed E-state index contributed by atoms with van der Waals surface area (Å²) in [5.41, 5.74) is -0.337. The number of rotatable bonds is 2. The van der Waals surface area contributed by atoms with E-state index in [1.807, 2.05) is 0 Å². The molecular formula is C12H17N3O3S. The van der Waals surface area contributed by atoms with Crippen LogP contribution in [0.3, 0.4) is 0 Å². The van der Waals surface area contributed by atoms with Crippen LogP contribution in [0, 0.1) is 0 Å². The molecule has 1 aromatic heterocycles. The molecule has 0 atom stereocenters. The Balaban J connectivity index is 2.00. The van der Waals surface area contributed by atoms with Gasteiger partial charge in [-0.3, -0.25) is 9.59 Å². The molecule has 1 saturated heterocycles. The number of amides is 2. The van der Waals surface area contributed by atoms with Crippen molar-refractivity contribution < 1.29 is 14.7 Å². The van der Waals surface area contributed by atoms with Gasteiger partial charge in [-0.15, -0.1) is 11.3 Å². The summed E-state index contributed by atoms with van der Waals surface area (Å²) in [4.78, 5) is 28.9. The number of nitrogens with one attached hydrogen (secondary N) is 1. The van der Waals surface area contributed by atoms with Gasteiger partial charge in [0.2, 0.25) is 5.91 Å². The van der Waals surface area contributed by atoms with Crippen LogP contribution < -0.4 is 5.32 Å². The molecule has 1 fully saturated rings. The van der Waals surface area contributed by atoms with E-state index in [0.29, 0.717) is 36.8 Å². The topological polar surface area (TPSA) is 82.5 Å². The number of nitrogens with zero attached hydrogens (tertiary/aromatic N) is 2. The Morgan fingerprint density at radius 1 is 1.47 bits per heavy atom. The minimum absolute atomic E-state index is 0.150. The monoisotopic (exact) mass is 283 g/mol. The standard InChI is InChI=1S/C12H17N3O3S/c1-8(16)13-11-14-9(7-19-11)10(17)15-5-3-12(2,18)4-6-15/h7,18H,3-6H2,1-2H3,(H,13,14,16). The fourth-order valence-corrected chi connectivity index (χ4v) is 2.66. The highest BCUT2D eigenvalue weighted by Crippen LogP contribution is 2.23. The summed E-state index contributed by atoms with van der Waals surface area (Å²) in [6, 6.07) is 0. The molecule has 1 aromatic rings. The molecule has 0 saturated carbocycles. The number of carbonyl (C=O) groups excluding carboxylic acids is 2.